The number of halogens is 1. The molecule has 0 aliphatic heterocycles. The summed E-state index contributed by atoms with van der Waals surface area (Å²) in [7, 11) is 1.93. The molecule has 0 unspecified atom stereocenters. The van der Waals surface area contributed by atoms with Crippen LogP contribution in [0.3, 0.4) is 0 Å². The van der Waals surface area contributed by atoms with Gasteiger partial charge >= 0.3 is 0 Å². The van der Waals surface area contributed by atoms with Gasteiger partial charge in [-0.05, 0) is 43.8 Å². The maximum absolute atomic E-state index is 13.3. The molecule has 3 heterocycles. The van der Waals surface area contributed by atoms with Crippen molar-refractivity contribution in [2.24, 2.45) is 0 Å². The molecule has 0 bridgehead atoms. The monoisotopic (exact) mass is 351 g/mol. The summed E-state index contributed by atoms with van der Waals surface area (Å²) in [4.78, 5) is 26.5. The van der Waals surface area contributed by atoms with Gasteiger partial charge in [0.1, 0.15) is 17.3 Å². The highest BCUT2D eigenvalue weighted by Gasteiger charge is 2.10. The Bertz CT molecular complexity index is 1160. The standard InChI is InChI=1S/C19H18FN5O/c1-12-4-3-7-25-18(26)9-14(21-19(12)25)10-24(2)11-17-22-15-6-5-13(20)8-16(15)23-17/h3-9H,10-11H2,1-2H3,(H,22,23). The van der Waals surface area contributed by atoms with Gasteiger partial charge in [-0.15, -0.1) is 0 Å². The van der Waals surface area contributed by atoms with Gasteiger partial charge in [-0.3, -0.25) is 14.1 Å². The molecule has 0 radical (unpaired) electrons. The zero-order valence-electron chi connectivity index (χ0n) is 14.5. The Morgan fingerprint density at radius 1 is 1.19 bits per heavy atom. The van der Waals surface area contributed by atoms with Gasteiger partial charge in [-0.25, -0.2) is 14.4 Å². The van der Waals surface area contributed by atoms with E-state index in [9.17, 15) is 9.18 Å². The maximum atomic E-state index is 13.3. The van der Waals surface area contributed by atoms with Gasteiger partial charge in [0.05, 0.1) is 23.3 Å². The van der Waals surface area contributed by atoms with E-state index >= 15 is 0 Å². The first-order valence-electron chi connectivity index (χ1n) is 8.30. The molecule has 6 nitrogen and oxygen atoms in total. The Labute approximate surface area is 148 Å². The zero-order chi connectivity index (χ0) is 18.3. The van der Waals surface area contributed by atoms with Crippen molar-refractivity contribution >= 4 is 16.7 Å². The van der Waals surface area contributed by atoms with Gasteiger partial charge in [0, 0.05) is 18.8 Å². The Balaban J connectivity index is 1.57. The van der Waals surface area contributed by atoms with Crippen molar-refractivity contribution in [3.05, 3.63) is 75.8 Å². The molecule has 0 aliphatic rings. The molecule has 132 valence electrons. The fourth-order valence-electron chi connectivity index (χ4n) is 3.09. The molecule has 0 spiro atoms. The van der Waals surface area contributed by atoms with E-state index in [-0.39, 0.29) is 11.4 Å². The number of nitrogens with one attached hydrogen (secondary N) is 1. The van der Waals surface area contributed by atoms with E-state index in [0.29, 0.717) is 29.9 Å². The number of pyridine rings is 1. The summed E-state index contributed by atoms with van der Waals surface area (Å²) in [6.07, 6.45) is 1.72. The predicted octanol–water partition coefficient (Wildman–Crippen LogP) is 2.65. The van der Waals surface area contributed by atoms with Crippen molar-refractivity contribution in [1.29, 1.82) is 0 Å². The number of rotatable bonds is 4. The second-order valence-corrected chi connectivity index (χ2v) is 6.49. The second kappa shape index (κ2) is 6.34. The van der Waals surface area contributed by atoms with Crippen LogP contribution in [0.25, 0.3) is 16.7 Å². The van der Waals surface area contributed by atoms with Gasteiger partial charge in [0.25, 0.3) is 5.56 Å². The topological polar surface area (TPSA) is 66.3 Å². The number of hydrogen-bond acceptors (Lipinski definition) is 4. The molecule has 0 saturated heterocycles. The number of nitrogens with zero attached hydrogens (tertiary/aromatic N) is 4. The van der Waals surface area contributed by atoms with Crippen LogP contribution in [0.4, 0.5) is 4.39 Å². The van der Waals surface area contributed by atoms with E-state index in [2.05, 4.69) is 15.0 Å². The highest BCUT2D eigenvalue weighted by molar-refractivity contribution is 5.74. The minimum Gasteiger partial charge on any atom is -0.341 e. The Morgan fingerprint density at radius 2 is 2.04 bits per heavy atom. The smallest absolute Gasteiger partial charge is 0.258 e. The summed E-state index contributed by atoms with van der Waals surface area (Å²) < 4.78 is 14.8. The van der Waals surface area contributed by atoms with E-state index in [0.717, 1.165) is 16.9 Å². The van der Waals surface area contributed by atoms with Crippen LogP contribution in [0.15, 0.2) is 47.4 Å². The van der Waals surface area contributed by atoms with Crippen molar-refractivity contribution in [3.63, 3.8) is 0 Å². The van der Waals surface area contributed by atoms with Crippen LogP contribution >= 0.6 is 0 Å². The molecule has 4 rings (SSSR count). The number of hydrogen-bond donors (Lipinski definition) is 1. The first kappa shape index (κ1) is 16.4. The minimum absolute atomic E-state index is 0.0960. The largest absolute Gasteiger partial charge is 0.341 e. The van der Waals surface area contributed by atoms with E-state index in [1.807, 2.05) is 31.0 Å². The summed E-state index contributed by atoms with van der Waals surface area (Å²) in [5.41, 5.74) is 3.63. The van der Waals surface area contributed by atoms with Crippen LogP contribution in [0.5, 0.6) is 0 Å². The molecule has 1 N–H and O–H groups in total. The number of imidazole rings is 1. The lowest BCUT2D eigenvalue weighted by Crippen LogP contribution is -2.22. The first-order valence-corrected chi connectivity index (χ1v) is 8.30. The SMILES string of the molecule is Cc1cccn2c(=O)cc(CN(C)Cc3nc4ccc(F)cc4[nH]3)nc12. The molecule has 0 aliphatic carbocycles. The highest BCUT2D eigenvalue weighted by Crippen LogP contribution is 2.14. The first-order chi connectivity index (χ1) is 12.5. The van der Waals surface area contributed by atoms with Crippen LogP contribution in [0.1, 0.15) is 17.1 Å². The summed E-state index contributed by atoms with van der Waals surface area (Å²) in [5.74, 6) is 0.444. The summed E-state index contributed by atoms with van der Waals surface area (Å²) in [5, 5.41) is 0. The molecular formula is C19H18FN5O. The fraction of sp³-hybridized carbons (Fsp3) is 0.211. The van der Waals surface area contributed by atoms with Gasteiger partial charge in [-0.2, -0.15) is 0 Å². The van der Waals surface area contributed by atoms with Crippen LogP contribution in [-0.2, 0) is 13.1 Å². The molecule has 1 aromatic carbocycles. The summed E-state index contributed by atoms with van der Waals surface area (Å²) in [6.45, 7) is 2.97. The fourth-order valence-corrected chi connectivity index (χ4v) is 3.09. The Morgan fingerprint density at radius 3 is 2.88 bits per heavy atom. The van der Waals surface area contributed by atoms with Crippen LogP contribution in [0, 0.1) is 12.7 Å². The van der Waals surface area contributed by atoms with Gasteiger partial charge in [0.15, 0.2) is 0 Å². The Kier molecular flexibility index (Phi) is 4.00. The minimum atomic E-state index is -0.294. The van der Waals surface area contributed by atoms with E-state index in [1.54, 1.807) is 22.7 Å². The number of benzene rings is 1. The molecule has 26 heavy (non-hydrogen) atoms. The van der Waals surface area contributed by atoms with Crippen molar-refractivity contribution in [3.8, 4) is 0 Å². The van der Waals surface area contributed by atoms with Crippen LogP contribution in [0.2, 0.25) is 0 Å². The lowest BCUT2D eigenvalue weighted by atomic mass is 10.3. The van der Waals surface area contributed by atoms with E-state index in [4.69, 9.17) is 0 Å². The molecule has 0 saturated carbocycles. The number of aromatic nitrogens is 4. The average Bonchev–Trinajstić information content (AvgIpc) is 2.97. The highest BCUT2D eigenvalue weighted by atomic mass is 19.1. The summed E-state index contributed by atoms with van der Waals surface area (Å²) >= 11 is 0. The third kappa shape index (κ3) is 3.09. The normalized spacial score (nSPS) is 11.7. The van der Waals surface area contributed by atoms with Gasteiger partial charge < -0.3 is 4.98 Å². The van der Waals surface area contributed by atoms with E-state index in [1.165, 1.54) is 12.1 Å². The van der Waals surface area contributed by atoms with Crippen LogP contribution in [-0.4, -0.2) is 31.3 Å². The number of H-pyrrole nitrogens is 1. The molecular weight excluding hydrogens is 333 g/mol. The Hall–Kier alpha value is -3.06. The molecule has 0 amide bonds. The third-order valence-corrected chi connectivity index (χ3v) is 4.28. The van der Waals surface area contributed by atoms with Crippen molar-refractivity contribution < 1.29 is 4.39 Å². The van der Waals surface area contributed by atoms with Crippen molar-refractivity contribution in [2.75, 3.05) is 7.05 Å². The third-order valence-electron chi connectivity index (χ3n) is 4.28. The molecule has 3 aromatic heterocycles. The van der Waals surface area contributed by atoms with Gasteiger partial charge in [0.2, 0.25) is 0 Å². The number of aromatic amines is 1. The molecule has 0 atom stereocenters. The van der Waals surface area contributed by atoms with Crippen molar-refractivity contribution in [2.45, 2.75) is 20.0 Å². The molecule has 4 aromatic rings. The van der Waals surface area contributed by atoms with Crippen LogP contribution < -0.4 is 5.56 Å². The second-order valence-electron chi connectivity index (χ2n) is 6.49. The quantitative estimate of drug-likeness (QED) is 0.614. The number of aryl methyl sites for hydroxylation is 1. The zero-order valence-corrected chi connectivity index (χ0v) is 14.5. The summed E-state index contributed by atoms with van der Waals surface area (Å²) in [6, 6.07) is 9.80. The lowest BCUT2D eigenvalue weighted by molar-refractivity contribution is 0.308. The molecule has 0 fully saturated rings. The predicted molar refractivity (Wildman–Crippen MR) is 97.4 cm³/mol. The molecule has 7 heteroatoms. The van der Waals surface area contributed by atoms with Crippen molar-refractivity contribution in [1.82, 2.24) is 24.3 Å². The van der Waals surface area contributed by atoms with Gasteiger partial charge in [-0.1, -0.05) is 6.07 Å². The number of fused-ring (bicyclic) bond motifs is 2. The lowest BCUT2D eigenvalue weighted by Gasteiger charge is -2.15. The van der Waals surface area contributed by atoms with E-state index < -0.39 is 0 Å². The maximum Gasteiger partial charge on any atom is 0.258 e. The average molecular weight is 351 g/mol.